The molecular formula is C21H23N3O2. The highest BCUT2D eigenvalue weighted by Crippen LogP contribution is 2.18. The van der Waals surface area contributed by atoms with Gasteiger partial charge < -0.3 is 10.1 Å². The summed E-state index contributed by atoms with van der Waals surface area (Å²) in [6.45, 7) is 7.24. The molecular weight excluding hydrogens is 326 g/mol. The second kappa shape index (κ2) is 7.87. The summed E-state index contributed by atoms with van der Waals surface area (Å²) >= 11 is 0. The van der Waals surface area contributed by atoms with E-state index in [9.17, 15) is 4.79 Å². The number of amides is 1. The highest BCUT2D eigenvalue weighted by Gasteiger charge is 2.08. The quantitative estimate of drug-likeness (QED) is 0.726. The Bertz CT molecular complexity index is 898. The predicted octanol–water partition coefficient (Wildman–Crippen LogP) is 4.20. The number of aromatic nitrogens is 2. The van der Waals surface area contributed by atoms with E-state index < -0.39 is 0 Å². The van der Waals surface area contributed by atoms with E-state index in [-0.39, 0.29) is 5.91 Å². The van der Waals surface area contributed by atoms with E-state index in [0.717, 1.165) is 22.7 Å². The standard InChI is InChI=1S/C21H23N3O2/c1-4-26-20-7-5-6-19(13-20)22-21(25)18-10-8-17(9-11-18)14-24-16(3)12-15(2)23-24/h5-13H,4,14H2,1-3H3,(H,22,25). The number of anilines is 1. The average molecular weight is 349 g/mol. The van der Waals surface area contributed by atoms with Gasteiger partial charge in [-0.3, -0.25) is 9.48 Å². The van der Waals surface area contributed by atoms with Crippen molar-refractivity contribution in [1.82, 2.24) is 9.78 Å². The van der Waals surface area contributed by atoms with Gasteiger partial charge in [-0.25, -0.2) is 0 Å². The van der Waals surface area contributed by atoms with Crippen LogP contribution < -0.4 is 10.1 Å². The zero-order valence-electron chi connectivity index (χ0n) is 15.3. The van der Waals surface area contributed by atoms with Gasteiger partial charge in [0.1, 0.15) is 5.75 Å². The van der Waals surface area contributed by atoms with Crippen LogP contribution in [-0.4, -0.2) is 22.3 Å². The number of nitrogens with one attached hydrogen (secondary N) is 1. The zero-order chi connectivity index (χ0) is 18.5. The molecule has 0 bridgehead atoms. The molecule has 0 aliphatic rings. The summed E-state index contributed by atoms with van der Waals surface area (Å²) in [6, 6.07) is 17.0. The number of ether oxygens (including phenoxy) is 1. The molecule has 0 aliphatic carbocycles. The normalized spacial score (nSPS) is 10.6. The molecule has 0 radical (unpaired) electrons. The van der Waals surface area contributed by atoms with Crippen LogP contribution >= 0.6 is 0 Å². The fourth-order valence-electron chi connectivity index (χ4n) is 2.80. The highest BCUT2D eigenvalue weighted by molar-refractivity contribution is 6.04. The molecule has 0 aliphatic heterocycles. The molecule has 26 heavy (non-hydrogen) atoms. The van der Waals surface area contributed by atoms with Crippen LogP contribution in [0.3, 0.4) is 0 Å². The zero-order valence-corrected chi connectivity index (χ0v) is 15.3. The fourth-order valence-corrected chi connectivity index (χ4v) is 2.80. The van der Waals surface area contributed by atoms with Gasteiger partial charge in [0.05, 0.1) is 18.8 Å². The number of nitrogens with zero attached hydrogens (tertiary/aromatic N) is 2. The van der Waals surface area contributed by atoms with Crippen molar-refractivity contribution in [3.63, 3.8) is 0 Å². The van der Waals surface area contributed by atoms with E-state index in [1.807, 2.05) is 74.0 Å². The summed E-state index contributed by atoms with van der Waals surface area (Å²) in [5.74, 6) is 0.599. The van der Waals surface area contributed by atoms with E-state index in [1.54, 1.807) is 0 Å². The van der Waals surface area contributed by atoms with Crippen LogP contribution in [0.1, 0.15) is 34.2 Å². The summed E-state index contributed by atoms with van der Waals surface area (Å²) in [5.41, 5.74) is 4.56. The molecule has 1 aromatic heterocycles. The van der Waals surface area contributed by atoms with Gasteiger partial charge in [0.15, 0.2) is 0 Å². The van der Waals surface area contributed by atoms with Crippen molar-refractivity contribution in [2.45, 2.75) is 27.3 Å². The molecule has 0 fully saturated rings. The molecule has 5 heteroatoms. The molecule has 0 unspecified atom stereocenters. The van der Waals surface area contributed by atoms with Gasteiger partial charge in [0, 0.05) is 23.0 Å². The van der Waals surface area contributed by atoms with E-state index >= 15 is 0 Å². The highest BCUT2D eigenvalue weighted by atomic mass is 16.5. The van der Waals surface area contributed by atoms with Crippen LogP contribution in [0, 0.1) is 13.8 Å². The number of hydrogen-bond acceptors (Lipinski definition) is 3. The first kappa shape index (κ1) is 17.7. The van der Waals surface area contributed by atoms with Crippen molar-refractivity contribution in [2.75, 3.05) is 11.9 Å². The molecule has 5 nitrogen and oxygen atoms in total. The van der Waals surface area contributed by atoms with Gasteiger partial charge in [-0.1, -0.05) is 18.2 Å². The fraction of sp³-hybridized carbons (Fsp3) is 0.238. The number of hydrogen-bond donors (Lipinski definition) is 1. The summed E-state index contributed by atoms with van der Waals surface area (Å²) < 4.78 is 7.42. The molecule has 1 amide bonds. The van der Waals surface area contributed by atoms with Crippen molar-refractivity contribution in [1.29, 1.82) is 0 Å². The summed E-state index contributed by atoms with van der Waals surface area (Å²) in [6.07, 6.45) is 0. The molecule has 134 valence electrons. The smallest absolute Gasteiger partial charge is 0.255 e. The minimum Gasteiger partial charge on any atom is -0.494 e. The Hall–Kier alpha value is -3.08. The van der Waals surface area contributed by atoms with Gasteiger partial charge in [-0.15, -0.1) is 0 Å². The van der Waals surface area contributed by atoms with Crippen LogP contribution in [0.2, 0.25) is 0 Å². The van der Waals surface area contributed by atoms with Gasteiger partial charge >= 0.3 is 0 Å². The van der Waals surface area contributed by atoms with Crippen LogP contribution in [0.5, 0.6) is 5.75 Å². The van der Waals surface area contributed by atoms with Crippen molar-refractivity contribution < 1.29 is 9.53 Å². The maximum absolute atomic E-state index is 12.4. The molecule has 0 saturated heterocycles. The number of carbonyl (C=O) groups is 1. The Balaban J connectivity index is 1.67. The maximum atomic E-state index is 12.4. The van der Waals surface area contributed by atoms with Gasteiger partial charge in [0.25, 0.3) is 5.91 Å². The summed E-state index contributed by atoms with van der Waals surface area (Å²) in [5, 5.41) is 7.37. The van der Waals surface area contributed by atoms with Gasteiger partial charge in [-0.05, 0) is 56.7 Å². The van der Waals surface area contributed by atoms with Crippen molar-refractivity contribution in [3.8, 4) is 5.75 Å². The number of benzene rings is 2. The van der Waals surface area contributed by atoms with E-state index in [0.29, 0.717) is 24.4 Å². The van der Waals surface area contributed by atoms with Crippen LogP contribution in [0.15, 0.2) is 54.6 Å². The molecule has 2 aromatic carbocycles. The topological polar surface area (TPSA) is 56.1 Å². The first-order chi connectivity index (χ1) is 12.5. The molecule has 0 saturated carbocycles. The molecule has 0 atom stereocenters. The first-order valence-corrected chi connectivity index (χ1v) is 8.69. The Labute approximate surface area is 153 Å². The number of carbonyl (C=O) groups excluding carboxylic acids is 1. The van der Waals surface area contributed by atoms with Crippen LogP contribution in [0.4, 0.5) is 5.69 Å². The monoisotopic (exact) mass is 349 g/mol. The molecule has 3 rings (SSSR count). The molecule has 3 aromatic rings. The Morgan fingerprint density at radius 3 is 2.54 bits per heavy atom. The van der Waals surface area contributed by atoms with E-state index in [2.05, 4.69) is 16.5 Å². The minimum atomic E-state index is -0.142. The predicted molar refractivity (Wildman–Crippen MR) is 103 cm³/mol. The largest absolute Gasteiger partial charge is 0.494 e. The molecule has 0 spiro atoms. The van der Waals surface area contributed by atoms with Crippen LogP contribution in [-0.2, 0) is 6.54 Å². The third-order valence-corrected chi connectivity index (χ3v) is 4.05. The maximum Gasteiger partial charge on any atom is 0.255 e. The van der Waals surface area contributed by atoms with E-state index in [1.165, 1.54) is 0 Å². The Morgan fingerprint density at radius 1 is 1.12 bits per heavy atom. The summed E-state index contributed by atoms with van der Waals surface area (Å²) in [4.78, 5) is 12.4. The SMILES string of the molecule is CCOc1cccc(NC(=O)c2ccc(Cn3nc(C)cc3C)cc2)c1. The lowest BCUT2D eigenvalue weighted by Crippen LogP contribution is -2.12. The lowest BCUT2D eigenvalue weighted by atomic mass is 10.1. The van der Waals surface area contributed by atoms with Crippen molar-refractivity contribution >= 4 is 11.6 Å². The van der Waals surface area contributed by atoms with Crippen molar-refractivity contribution in [2.24, 2.45) is 0 Å². The second-order valence-electron chi connectivity index (χ2n) is 6.20. The number of rotatable bonds is 6. The third kappa shape index (κ3) is 4.30. The third-order valence-electron chi connectivity index (χ3n) is 4.05. The first-order valence-electron chi connectivity index (χ1n) is 8.69. The van der Waals surface area contributed by atoms with Gasteiger partial charge in [0.2, 0.25) is 0 Å². The lowest BCUT2D eigenvalue weighted by molar-refractivity contribution is 0.102. The Kier molecular flexibility index (Phi) is 5.37. The molecule has 1 N–H and O–H groups in total. The lowest BCUT2D eigenvalue weighted by Gasteiger charge is -2.09. The van der Waals surface area contributed by atoms with Crippen LogP contribution in [0.25, 0.3) is 0 Å². The van der Waals surface area contributed by atoms with Crippen molar-refractivity contribution in [3.05, 3.63) is 77.1 Å². The summed E-state index contributed by atoms with van der Waals surface area (Å²) in [7, 11) is 0. The van der Waals surface area contributed by atoms with E-state index in [4.69, 9.17) is 4.74 Å². The second-order valence-corrected chi connectivity index (χ2v) is 6.20. The average Bonchev–Trinajstić information content (AvgIpc) is 2.93. The molecule has 1 heterocycles. The minimum absolute atomic E-state index is 0.142. The number of aryl methyl sites for hydroxylation is 2. The Morgan fingerprint density at radius 2 is 1.88 bits per heavy atom. The van der Waals surface area contributed by atoms with Gasteiger partial charge in [-0.2, -0.15) is 5.10 Å².